The Morgan fingerprint density at radius 2 is 2.13 bits per heavy atom. The second-order valence-corrected chi connectivity index (χ2v) is 3.27. The van der Waals surface area contributed by atoms with Gasteiger partial charge in [-0.15, -0.1) is 0 Å². The van der Waals surface area contributed by atoms with Crippen LogP contribution in [0, 0.1) is 6.92 Å². The molecule has 1 aromatic carbocycles. The smallest absolute Gasteiger partial charge is 0.474 e. The molecule has 0 saturated carbocycles. The van der Waals surface area contributed by atoms with E-state index in [2.05, 4.69) is 4.74 Å². The molecule has 0 aliphatic rings. The summed E-state index contributed by atoms with van der Waals surface area (Å²) in [6.45, 7) is 1.71. The van der Waals surface area contributed by atoms with Crippen molar-refractivity contribution < 1.29 is 23.4 Å². The molecule has 0 aromatic heterocycles. The summed E-state index contributed by atoms with van der Waals surface area (Å²) in [4.78, 5) is 10.1. The third-order valence-electron chi connectivity index (χ3n) is 1.57. The number of rotatable bonds is 3. The number of halogens is 3. The molecule has 0 bridgehead atoms. The lowest BCUT2D eigenvalue weighted by atomic mass is 10.2. The minimum atomic E-state index is -4.28. The lowest BCUT2D eigenvalue weighted by Gasteiger charge is -2.14. The molecule has 1 N–H and O–H groups in total. The predicted molar refractivity (Wildman–Crippen MR) is 49.4 cm³/mol. The van der Waals surface area contributed by atoms with Crippen LogP contribution in [0.3, 0.4) is 0 Å². The maximum atomic E-state index is 12.6. The molecule has 0 atom stereocenters. The molecule has 3 nitrogen and oxygen atoms in total. The largest absolute Gasteiger partial charge is 0.501 e. The van der Waals surface area contributed by atoms with Crippen LogP contribution in [0.15, 0.2) is 18.2 Å². The van der Waals surface area contributed by atoms with Gasteiger partial charge in [0.25, 0.3) is 0 Å². The van der Waals surface area contributed by atoms with Crippen molar-refractivity contribution in [3.05, 3.63) is 28.8 Å². The fraction of sp³-hybridized carbons (Fsp3) is 0.222. The molecule has 0 heterocycles. The molecule has 82 valence electrons. The maximum Gasteiger partial charge on any atom is 0.501 e. The Balaban J connectivity index is 2.95. The first kappa shape index (κ1) is 11.7. The van der Waals surface area contributed by atoms with Gasteiger partial charge in [-0.3, -0.25) is 0 Å². The molecule has 0 radical (unpaired) electrons. The Hall–Kier alpha value is -1.36. The maximum absolute atomic E-state index is 12.6. The zero-order valence-corrected chi connectivity index (χ0v) is 8.39. The number of carbonyl (C=O) groups is 1. The number of aliphatic carboxylic acids is 1. The highest BCUT2D eigenvalue weighted by atomic mass is 35.5. The highest BCUT2D eigenvalue weighted by Crippen LogP contribution is 2.30. The van der Waals surface area contributed by atoms with Gasteiger partial charge in [0.05, 0.1) is 5.02 Å². The van der Waals surface area contributed by atoms with Gasteiger partial charge in [0.15, 0.2) is 0 Å². The Morgan fingerprint density at radius 1 is 1.53 bits per heavy atom. The topological polar surface area (TPSA) is 46.5 Å². The minimum Gasteiger partial charge on any atom is -0.474 e. The molecule has 0 amide bonds. The average molecular weight is 237 g/mol. The lowest BCUT2D eigenvalue weighted by molar-refractivity contribution is -0.210. The van der Waals surface area contributed by atoms with Crippen LogP contribution in [0.2, 0.25) is 5.02 Å². The lowest BCUT2D eigenvalue weighted by Crippen LogP contribution is -2.34. The van der Waals surface area contributed by atoms with E-state index in [0.717, 1.165) is 5.56 Å². The number of alkyl halides is 2. The fourth-order valence-corrected chi connectivity index (χ4v) is 1.14. The van der Waals surface area contributed by atoms with E-state index in [1.54, 1.807) is 6.92 Å². The SMILES string of the molecule is Cc1ccc(OC(F)(F)C(=O)O)c(Cl)c1. The first-order chi connectivity index (χ1) is 6.83. The second-order valence-electron chi connectivity index (χ2n) is 2.86. The number of aryl methyl sites for hydroxylation is 1. The van der Waals surface area contributed by atoms with Gasteiger partial charge < -0.3 is 9.84 Å². The van der Waals surface area contributed by atoms with E-state index in [0.29, 0.717) is 0 Å². The molecule has 0 spiro atoms. The van der Waals surface area contributed by atoms with E-state index < -0.39 is 12.1 Å². The molecule has 1 rings (SSSR count). The van der Waals surface area contributed by atoms with Gasteiger partial charge in [-0.25, -0.2) is 4.79 Å². The minimum absolute atomic E-state index is 0.0593. The van der Waals surface area contributed by atoms with Crippen LogP contribution in [0.4, 0.5) is 8.78 Å². The number of benzene rings is 1. The highest BCUT2D eigenvalue weighted by molar-refractivity contribution is 6.32. The summed E-state index contributed by atoms with van der Waals surface area (Å²) in [6.07, 6.45) is -4.28. The molecule has 6 heteroatoms. The van der Waals surface area contributed by atoms with Gasteiger partial charge in [0.2, 0.25) is 0 Å². The van der Waals surface area contributed by atoms with E-state index in [9.17, 15) is 13.6 Å². The monoisotopic (exact) mass is 236 g/mol. The van der Waals surface area contributed by atoms with Crippen LogP contribution in [0.25, 0.3) is 0 Å². The van der Waals surface area contributed by atoms with E-state index in [-0.39, 0.29) is 10.8 Å². The van der Waals surface area contributed by atoms with Crippen LogP contribution in [-0.4, -0.2) is 17.2 Å². The predicted octanol–water partition coefficient (Wildman–Crippen LogP) is 2.70. The normalized spacial score (nSPS) is 11.2. The first-order valence-electron chi connectivity index (χ1n) is 3.89. The molecular weight excluding hydrogens is 230 g/mol. The standard InChI is InChI=1S/C9H7ClF2O3/c1-5-2-3-7(6(10)4-5)15-9(11,12)8(13)14/h2-4H,1H3,(H,13,14). The fourth-order valence-electron chi connectivity index (χ4n) is 0.870. The average Bonchev–Trinajstić information content (AvgIpc) is 2.09. The van der Waals surface area contributed by atoms with Crippen molar-refractivity contribution >= 4 is 17.6 Å². The van der Waals surface area contributed by atoms with E-state index in [1.807, 2.05) is 0 Å². The number of hydrogen-bond donors (Lipinski definition) is 1. The van der Waals surface area contributed by atoms with Gasteiger partial charge >= 0.3 is 12.1 Å². The quantitative estimate of drug-likeness (QED) is 0.878. The molecule has 0 unspecified atom stereocenters. The Labute approximate surface area is 89.2 Å². The van der Waals surface area contributed by atoms with Crippen molar-refractivity contribution in [2.24, 2.45) is 0 Å². The van der Waals surface area contributed by atoms with Crippen molar-refractivity contribution in [2.75, 3.05) is 0 Å². The van der Waals surface area contributed by atoms with Crippen molar-refractivity contribution in [1.29, 1.82) is 0 Å². The number of hydrogen-bond acceptors (Lipinski definition) is 2. The zero-order valence-electron chi connectivity index (χ0n) is 7.63. The van der Waals surface area contributed by atoms with Crippen LogP contribution in [0.5, 0.6) is 5.75 Å². The molecule has 0 saturated heterocycles. The highest BCUT2D eigenvalue weighted by Gasteiger charge is 2.42. The summed E-state index contributed by atoms with van der Waals surface area (Å²) in [5.74, 6) is -2.73. The molecular formula is C9H7ClF2O3. The molecule has 1 aromatic rings. The molecule has 15 heavy (non-hydrogen) atoms. The number of carboxylic acid groups (broad SMARTS) is 1. The summed E-state index contributed by atoms with van der Waals surface area (Å²) in [5.41, 5.74) is 0.756. The van der Waals surface area contributed by atoms with Crippen LogP contribution >= 0.6 is 11.6 Å². The van der Waals surface area contributed by atoms with Crippen molar-refractivity contribution in [3.63, 3.8) is 0 Å². The number of ether oxygens (including phenoxy) is 1. The van der Waals surface area contributed by atoms with Crippen molar-refractivity contribution in [2.45, 2.75) is 13.0 Å². The molecule has 0 aliphatic carbocycles. The molecule has 0 fully saturated rings. The summed E-state index contributed by atoms with van der Waals surface area (Å²) in [7, 11) is 0. The Morgan fingerprint density at radius 3 is 2.60 bits per heavy atom. The summed E-state index contributed by atoms with van der Waals surface area (Å²) >= 11 is 5.59. The van der Waals surface area contributed by atoms with Crippen LogP contribution in [-0.2, 0) is 4.79 Å². The van der Waals surface area contributed by atoms with Gasteiger partial charge in [-0.05, 0) is 24.6 Å². The van der Waals surface area contributed by atoms with Gasteiger partial charge in [0.1, 0.15) is 5.75 Å². The van der Waals surface area contributed by atoms with E-state index in [4.69, 9.17) is 16.7 Å². The summed E-state index contributed by atoms with van der Waals surface area (Å²) < 4.78 is 29.2. The number of carboxylic acids is 1. The molecule has 0 aliphatic heterocycles. The van der Waals surface area contributed by atoms with Crippen molar-refractivity contribution in [1.82, 2.24) is 0 Å². The van der Waals surface area contributed by atoms with Crippen molar-refractivity contribution in [3.8, 4) is 5.75 Å². The van der Waals surface area contributed by atoms with Crippen LogP contribution in [0.1, 0.15) is 5.56 Å². The Kier molecular flexibility index (Phi) is 3.14. The van der Waals surface area contributed by atoms with E-state index >= 15 is 0 Å². The van der Waals surface area contributed by atoms with E-state index in [1.165, 1.54) is 18.2 Å². The van der Waals surface area contributed by atoms with Gasteiger partial charge in [0, 0.05) is 0 Å². The van der Waals surface area contributed by atoms with Gasteiger partial charge in [-0.1, -0.05) is 17.7 Å². The third kappa shape index (κ3) is 2.79. The second kappa shape index (κ2) is 4.02. The third-order valence-corrected chi connectivity index (χ3v) is 1.87. The Bertz CT molecular complexity index is 393. The summed E-state index contributed by atoms with van der Waals surface area (Å²) in [6, 6.07) is 4.07. The van der Waals surface area contributed by atoms with Crippen LogP contribution < -0.4 is 4.74 Å². The van der Waals surface area contributed by atoms with Gasteiger partial charge in [-0.2, -0.15) is 8.78 Å². The first-order valence-corrected chi connectivity index (χ1v) is 4.27. The summed E-state index contributed by atoms with van der Waals surface area (Å²) in [5, 5.41) is 8.07. The zero-order chi connectivity index (χ0) is 11.6.